The van der Waals surface area contributed by atoms with Gasteiger partial charge in [-0.3, -0.25) is 9.59 Å². The highest BCUT2D eigenvalue weighted by atomic mass is 32.2. The van der Waals surface area contributed by atoms with Crippen LogP contribution in [0, 0.1) is 5.41 Å². The summed E-state index contributed by atoms with van der Waals surface area (Å²) in [6.45, 7) is 0. The molecule has 1 aromatic rings. The van der Waals surface area contributed by atoms with Gasteiger partial charge in [-0.2, -0.15) is 0 Å². The van der Waals surface area contributed by atoms with Crippen molar-refractivity contribution >= 4 is 27.6 Å². The van der Waals surface area contributed by atoms with Gasteiger partial charge in [0.2, 0.25) is 15.9 Å². The predicted octanol–water partition coefficient (Wildman–Crippen LogP) is 0.917. The van der Waals surface area contributed by atoms with Crippen LogP contribution in [0.4, 0.5) is 5.69 Å². The Balaban J connectivity index is 2.18. The average molecular weight is 312 g/mol. The van der Waals surface area contributed by atoms with Gasteiger partial charge in [-0.25, -0.2) is 13.6 Å². The summed E-state index contributed by atoms with van der Waals surface area (Å²) in [5.41, 5.74) is -1.06. The average Bonchev–Trinajstić information content (AvgIpc) is 2.89. The number of benzene rings is 1. The number of primary sulfonamides is 1. The van der Waals surface area contributed by atoms with Gasteiger partial charge < -0.3 is 10.4 Å². The van der Waals surface area contributed by atoms with E-state index in [2.05, 4.69) is 5.32 Å². The van der Waals surface area contributed by atoms with E-state index >= 15 is 0 Å². The zero-order valence-corrected chi connectivity index (χ0v) is 12.0. The number of carboxylic acids is 1. The van der Waals surface area contributed by atoms with Crippen LogP contribution >= 0.6 is 0 Å². The van der Waals surface area contributed by atoms with Crippen LogP contribution in [0.2, 0.25) is 0 Å². The van der Waals surface area contributed by atoms with Crippen LogP contribution in [0.25, 0.3) is 0 Å². The molecule has 1 saturated carbocycles. The fourth-order valence-electron chi connectivity index (χ4n) is 2.50. The summed E-state index contributed by atoms with van der Waals surface area (Å²) in [6.07, 6.45) is 2.01. The third-order valence-corrected chi connectivity index (χ3v) is 4.67. The van der Waals surface area contributed by atoms with Gasteiger partial charge in [0.05, 0.1) is 4.90 Å². The maximum Gasteiger partial charge on any atom is 0.319 e. The Morgan fingerprint density at radius 1 is 1.14 bits per heavy atom. The van der Waals surface area contributed by atoms with Crippen LogP contribution in [0.3, 0.4) is 0 Å². The number of amides is 1. The molecule has 21 heavy (non-hydrogen) atoms. The van der Waals surface area contributed by atoms with Crippen molar-refractivity contribution in [3.05, 3.63) is 24.3 Å². The summed E-state index contributed by atoms with van der Waals surface area (Å²) in [5.74, 6) is -1.70. The molecule has 0 saturated heterocycles. The second kappa shape index (κ2) is 5.45. The van der Waals surface area contributed by atoms with Crippen LogP contribution < -0.4 is 10.5 Å². The third kappa shape index (κ3) is 3.06. The minimum absolute atomic E-state index is 0.0747. The molecule has 1 amide bonds. The van der Waals surface area contributed by atoms with Crippen LogP contribution in [0.1, 0.15) is 25.7 Å². The van der Waals surface area contributed by atoms with Crippen LogP contribution in [0.15, 0.2) is 29.2 Å². The number of rotatable bonds is 4. The molecule has 0 bridgehead atoms. The summed E-state index contributed by atoms with van der Waals surface area (Å²) in [7, 11) is -3.80. The van der Waals surface area contributed by atoms with E-state index in [9.17, 15) is 23.1 Å². The van der Waals surface area contributed by atoms with E-state index in [4.69, 9.17) is 5.14 Å². The lowest BCUT2D eigenvalue weighted by molar-refractivity contribution is -0.153. The van der Waals surface area contributed by atoms with Gasteiger partial charge in [0, 0.05) is 5.69 Å². The van der Waals surface area contributed by atoms with Gasteiger partial charge in [-0.05, 0) is 37.1 Å². The monoisotopic (exact) mass is 312 g/mol. The fourth-order valence-corrected chi connectivity index (χ4v) is 3.01. The quantitative estimate of drug-likeness (QED) is 0.712. The number of aliphatic carboxylic acids is 1. The van der Waals surface area contributed by atoms with Gasteiger partial charge in [0.25, 0.3) is 0 Å². The molecular weight excluding hydrogens is 296 g/mol. The first-order valence-electron chi connectivity index (χ1n) is 6.43. The largest absolute Gasteiger partial charge is 0.480 e. The Hall–Kier alpha value is -1.93. The van der Waals surface area contributed by atoms with Crippen LogP contribution in [-0.2, 0) is 19.6 Å². The molecule has 0 heterocycles. The predicted molar refractivity (Wildman–Crippen MR) is 75.0 cm³/mol. The highest BCUT2D eigenvalue weighted by Crippen LogP contribution is 2.39. The lowest BCUT2D eigenvalue weighted by Gasteiger charge is -2.22. The van der Waals surface area contributed by atoms with E-state index < -0.39 is 27.3 Å². The zero-order valence-electron chi connectivity index (χ0n) is 11.2. The molecule has 1 aliphatic rings. The summed E-state index contributed by atoms with van der Waals surface area (Å²) >= 11 is 0. The standard InChI is InChI=1S/C13H16N2O5S/c14-21(19,20)10-5-3-9(4-6-10)15-11(16)13(12(17)18)7-1-2-8-13/h3-6H,1-2,7-8H2,(H,15,16)(H,17,18)(H2,14,19,20). The Morgan fingerprint density at radius 3 is 2.10 bits per heavy atom. The molecule has 1 aromatic carbocycles. The first-order valence-corrected chi connectivity index (χ1v) is 7.98. The number of carboxylic acid groups (broad SMARTS) is 1. The van der Waals surface area contributed by atoms with Crippen molar-refractivity contribution in [3.8, 4) is 0 Å². The molecular formula is C13H16N2O5S. The van der Waals surface area contributed by atoms with E-state index in [0.29, 0.717) is 31.4 Å². The molecule has 4 N–H and O–H groups in total. The number of carbonyl (C=O) groups excluding carboxylic acids is 1. The number of nitrogens with two attached hydrogens (primary N) is 1. The lowest BCUT2D eigenvalue weighted by atomic mass is 9.85. The van der Waals surface area contributed by atoms with Crippen molar-refractivity contribution in [3.63, 3.8) is 0 Å². The molecule has 8 heteroatoms. The van der Waals surface area contributed by atoms with Crippen molar-refractivity contribution in [2.24, 2.45) is 10.6 Å². The molecule has 0 radical (unpaired) electrons. The number of carbonyl (C=O) groups is 2. The highest BCUT2D eigenvalue weighted by Gasteiger charge is 2.48. The Morgan fingerprint density at radius 2 is 1.67 bits per heavy atom. The Kier molecular flexibility index (Phi) is 4.02. The number of nitrogens with one attached hydrogen (secondary N) is 1. The SMILES string of the molecule is NS(=O)(=O)c1ccc(NC(=O)C2(C(=O)O)CCCC2)cc1. The lowest BCUT2D eigenvalue weighted by Crippen LogP contribution is -2.40. The Bertz CT molecular complexity index is 660. The van der Waals surface area contributed by atoms with E-state index in [1.54, 1.807) is 0 Å². The van der Waals surface area contributed by atoms with Crippen molar-refractivity contribution < 1.29 is 23.1 Å². The van der Waals surface area contributed by atoms with E-state index in [1.807, 2.05) is 0 Å². The maximum absolute atomic E-state index is 12.2. The van der Waals surface area contributed by atoms with Crippen molar-refractivity contribution in [2.75, 3.05) is 5.32 Å². The minimum atomic E-state index is -3.80. The topological polar surface area (TPSA) is 127 Å². The molecule has 0 spiro atoms. The number of anilines is 1. The third-order valence-electron chi connectivity index (χ3n) is 3.74. The smallest absolute Gasteiger partial charge is 0.319 e. The minimum Gasteiger partial charge on any atom is -0.480 e. The van der Waals surface area contributed by atoms with Gasteiger partial charge in [-0.15, -0.1) is 0 Å². The highest BCUT2D eigenvalue weighted by molar-refractivity contribution is 7.89. The van der Waals surface area contributed by atoms with E-state index in [-0.39, 0.29) is 4.90 Å². The molecule has 7 nitrogen and oxygen atoms in total. The Labute approximate surface area is 122 Å². The normalized spacial score (nSPS) is 17.4. The molecule has 0 aliphatic heterocycles. The summed E-state index contributed by atoms with van der Waals surface area (Å²) in [4.78, 5) is 23.5. The van der Waals surface area contributed by atoms with Gasteiger partial charge in [0.15, 0.2) is 0 Å². The second-order valence-corrected chi connectivity index (χ2v) is 6.68. The van der Waals surface area contributed by atoms with E-state index in [0.717, 1.165) is 0 Å². The maximum atomic E-state index is 12.2. The molecule has 114 valence electrons. The van der Waals surface area contributed by atoms with Crippen molar-refractivity contribution in [1.29, 1.82) is 0 Å². The fraction of sp³-hybridized carbons (Fsp3) is 0.385. The first kappa shape index (κ1) is 15.5. The van der Waals surface area contributed by atoms with Gasteiger partial charge in [-0.1, -0.05) is 12.8 Å². The summed E-state index contributed by atoms with van der Waals surface area (Å²) in [5, 5.41) is 16.8. The van der Waals surface area contributed by atoms with Crippen LogP contribution in [-0.4, -0.2) is 25.4 Å². The van der Waals surface area contributed by atoms with Crippen LogP contribution in [0.5, 0.6) is 0 Å². The molecule has 0 aromatic heterocycles. The molecule has 1 fully saturated rings. The molecule has 0 unspecified atom stereocenters. The van der Waals surface area contributed by atoms with E-state index in [1.165, 1.54) is 24.3 Å². The molecule has 2 rings (SSSR count). The second-order valence-electron chi connectivity index (χ2n) is 5.12. The van der Waals surface area contributed by atoms with Crippen molar-refractivity contribution in [1.82, 2.24) is 0 Å². The number of sulfonamides is 1. The number of hydrogen-bond acceptors (Lipinski definition) is 4. The summed E-state index contributed by atoms with van der Waals surface area (Å²) < 4.78 is 22.3. The zero-order chi connectivity index (χ0) is 15.7. The van der Waals surface area contributed by atoms with Gasteiger partial charge in [0.1, 0.15) is 5.41 Å². The molecule has 1 aliphatic carbocycles. The summed E-state index contributed by atoms with van der Waals surface area (Å²) in [6, 6.07) is 5.27. The van der Waals surface area contributed by atoms with Crippen molar-refractivity contribution in [2.45, 2.75) is 30.6 Å². The molecule has 0 atom stereocenters. The first-order chi connectivity index (χ1) is 9.75. The van der Waals surface area contributed by atoms with Gasteiger partial charge >= 0.3 is 5.97 Å². The number of hydrogen-bond donors (Lipinski definition) is 3.